The molecule has 0 aromatic carbocycles. The van der Waals surface area contributed by atoms with Gasteiger partial charge in [0.05, 0.1) is 6.61 Å². The van der Waals surface area contributed by atoms with E-state index in [9.17, 15) is 4.79 Å². The molecule has 0 aromatic rings. The van der Waals surface area contributed by atoms with Crippen LogP contribution in [0.15, 0.2) is 0 Å². The van der Waals surface area contributed by atoms with Gasteiger partial charge in [-0.1, -0.05) is 0 Å². The molecule has 0 bridgehead atoms. The van der Waals surface area contributed by atoms with Gasteiger partial charge in [0.1, 0.15) is 0 Å². The van der Waals surface area contributed by atoms with E-state index < -0.39 is 0 Å². The summed E-state index contributed by atoms with van der Waals surface area (Å²) in [5, 5.41) is 8.56. The number of hydrogen-bond acceptors (Lipinski definition) is 3. The van der Waals surface area contributed by atoms with Gasteiger partial charge in [-0.2, -0.15) is 0 Å². The van der Waals surface area contributed by atoms with Gasteiger partial charge in [-0.3, -0.25) is 4.79 Å². The second-order valence-corrected chi connectivity index (χ2v) is 2.24. The number of carbonyl (C=O) groups excluding carboxylic acids is 1. The smallest absolute Gasteiger partial charge is 0.223 e. The molecule has 4 nitrogen and oxygen atoms in total. The van der Waals surface area contributed by atoms with Gasteiger partial charge in [-0.15, -0.1) is 12.4 Å². The summed E-state index contributed by atoms with van der Waals surface area (Å²) in [5.41, 5.74) is 5.21. The van der Waals surface area contributed by atoms with Crippen molar-refractivity contribution in [2.75, 3.05) is 26.2 Å². The Morgan fingerprint density at radius 1 is 1.58 bits per heavy atom. The highest BCUT2D eigenvalue weighted by atomic mass is 35.5. The third kappa shape index (κ3) is 5.35. The molecule has 0 heterocycles. The lowest BCUT2D eigenvalue weighted by Gasteiger charge is -2.18. The lowest BCUT2D eigenvalue weighted by Crippen LogP contribution is -2.34. The molecule has 3 N–H and O–H groups in total. The van der Waals surface area contributed by atoms with Gasteiger partial charge in [-0.25, -0.2) is 0 Å². The van der Waals surface area contributed by atoms with E-state index in [2.05, 4.69) is 0 Å². The summed E-state index contributed by atoms with van der Waals surface area (Å²) in [7, 11) is 0. The first-order valence-corrected chi connectivity index (χ1v) is 3.85. The standard InChI is InChI=1S/C7H16N2O2.ClH/c1-2-9(5-6-10)7(11)3-4-8;/h10H,2-6,8H2,1H3;1H. The molecule has 0 aliphatic carbocycles. The minimum atomic E-state index is 0. The van der Waals surface area contributed by atoms with E-state index in [4.69, 9.17) is 10.8 Å². The number of nitrogens with two attached hydrogens (primary N) is 1. The molecule has 0 aromatic heterocycles. The van der Waals surface area contributed by atoms with Crippen molar-refractivity contribution in [3.63, 3.8) is 0 Å². The predicted octanol–water partition coefficient (Wildman–Crippen LogP) is -0.402. The van der Waals surface area contributed by atoms with E-state index in [0.717, 1.165) is 0 Å². The molecule has 0 aliphatic heterocycles. The molecule has 1 amide bonds. The van der Waals surface area contributed by atoms with Gasteiger partial charge in [0.25, 0.3) is 0 Å². The fraction of sp³-hybridized carbons (Fsp3) is 0.857. The van der Waals surface area contributed by atoms with Crippen LogP contribution in [0, 0.1) is 0 Å². The molecule has 0 rings (SSSR count). The monoisotopic (exact) mass is 196 g/mol. The van der Waals surface area contributed by atoms with E-state index >= 15 is 0 Å². The number of aliphatic hydroxyl groups excluding tert-OH is 1. The lowest BCUT2D eigenvalue weighted by atomic mass is 10.3. The van der Waals surface area contributed by atoms with E-state index in [1.54, 1.807) is 4.90 Å². The van der Waals surface area contributed by atoms with E-state index in [0.29, 0.717) is 26.1 Å². The molecule has 0 radical (unpaired) electrons. The second-order valence-electron chi connectivity index (χ2n) is 2.24. The Kier molecular flexibility index (Phi) is 10.4. The summed E-state index contributed by atoms with van der Waals surface area (Å²) < 4.78 is 0. The number of nitrogens with zero attached hydrogens (tertiary/aromatic N) is 1. The Bertz CT molecular complexity index is 122. The summed E-state index contributed by atoms with van der Waals surface area (Å²) in [6.45, 7) is 3.32. The maximum Gasteiger partial charge on any atom is 0.223 e. The number of rotatable bonds is 5. The van der Waals surface area contributed by atoms with Crippen LogP contribution in [0.4, 0.5) is 0 Å². The summed E-state index contributed by atoms with van der Waals surface area (Å²) in [6, 6.07) is 0. The minimum absolute atomic E-state index is 0. The molecule has 0 atom stereocenters. The van der Waals surface area contributed by atoms with Crippen molar-refractivity contribution >= 4 is 18.3 Å². The van der Waals surface area contributed by atoms with Gasteiger partial charge in [0.2, 0.25) is 5.91 Å². The number of halogens is 1. The van der Waals surface area contributed by atoms with Gasteiger partial charge in [-0.05, 0) is 6.92 Å². The zero-order valence-corrected chi connectivity index (χ0v) is 8.14. The number of aliphatic hydroxyl groups is 1. The fourth-order valence-electron chi connectivity index (χ4n) is 0.861. The molecule has 0 unspecified atom stereocenters. The van der Waals surface area contributed by atoms with Crippen LogP contribution in [-0.2, 0) is 4.79 Å². The lowest BCUT2D eigenvalue weighted by molar-refractivity contribution is -0.131. The molecular weight excluding hydrogens is 180 g/mol. The second kappa shape index (κ2) is 8.77. The summed E-state index contributed by atoms with van der Waals surface area (Å²) in [6.07, 6.45) is 0.369. The molecule has 0 spiro atoms. The van der Waals surface area contributed by atoms with Gasteiger partial charge >= 0.3 is 0 Å². The average Bonchev–Trinajstić information content (AvgIpc) is 2.00. The summed E-state index contributed by atoms with van der Waals surface area (Å²) >= 11 is 0. The average molecular weight is 197 g/mol. The maximum absolute atomic E-state index is 11.1. The van der Waals surface area contributed by atoms with Crippen LogP contribution in [0.3, 0.4) is 0 Å². The van der Waals surface area contributed by atoms with Crippen LogP contribution in [0.25, 0.3) is 0 Å². The molecule has 0 fully saturated rings. The van der Waals surface area contributed by atoms with Crippen LogP contribution < -0.4 is 5.73 Å². The Labute approximate surface area is 79.1 Å². The number of hydrogen-bond donors (Lipinski definition) is 2. The summed E-state index contributed by atoms with van der Waals surface area (Å²) in [5.74, 6) is 0.0176. The Hall–Kier alpha value is -0.320. The highest BCUT2D eigenvalue weighted by Crippen LogP contribution is 1.91. The number of likely N-dealkylation sites (N-methyl/N-ethyl adjacent to an activating group) is 1. The normalized spacial score (nSPS) is 8.92. The minimum Gasteiger partial charge on any atom is -0.395 e. The van der Waals surface area contributed by atoms with Crippen molar-refractivity contribution in [3.05, 3.63) is 0 Å². The van der Waals surface area contributed by atoms with Crippen molar-refractivity contribution in [1.82, 2.24) is 4.90 Å². The number of carbonyl (C=O) groups is 1. The predicted molar refractivity (Wildman–Crippen MR) is 50.3 cm³/mol. The van der Waals surface area contributed by atoms with Crippen molar-refractivity contribution in [2.45, 2.75) is 13.3 Å². The zero-order valence-electron chi connectivity index (χ0n) is 7.32. The highest BCUT2D eigenvalue weighted by Gasteiger charge is 2.08. The van der Waals surface area contributed by atoms with E-state index in [-0.39, 0.29) is 24.9 Å². The quantitative estimate of drug-likeness (QED) is 0.629. The molecular formula is C7H17ClN2O2. The van der Waals surface area contributed by atoms with Gasteiger partial charge in [0, 0.05) is 26.1 Å². The molecule has 0 aliphatic rings. The third-order valence-electron chi connectivity index (χ3n) is 1.46. The van der Waals surface area contributed by atoms with E-state index in [1.807, 2.05) is 6.92 Å². The molecule has 0 saturated carbocycles. The molecule has 0 saturated heterocycles. The van der Waals surface area contributed by atoms with Crippen LogP contribution >= 0.6 is 12.4 Å². The topological polar surface area (TPSA) is 66.6 Å². The van der Waals surface area contributed by atoms with Crippen LogP contribution in [0.5, 0.6) is 0 Å². The Morgan fingerprint density at radius 3 is 2.50 bits per heavy atom. The maximum atomic E-state index is 11.1. The van der Waals surface area contributed by atoms with Crippen LogP contribution in [0.1, 0.15) is 13.3 Å². The van der Waals surface area contributed by atoms with Gasteiger partial charge < -0.3 is 15.7 Å². The fourth-order valence-corrected chi connectivity index (χ4v) is 0.861. The van der Waals surface area contributed by atoms with Crippen LogP contribution in [0.2, 0.25) is 0 Å². The zero-order chi connectivity index (χ0) is 8.69. The van der Waals surface area contributed by atoms with Crippen LogP contribution in [-0.4, -0.2) is 42.2 Å². The largest absolute Gasteiger partial charge is 0.395 e. The van der Waals surface area contributed by atoms with Crippen molar-refractivity contribution in [3.8, 4) is 0 Å². The summed E-state index contributed by atoms with van der Waals surface area (Å²) in [4.78, 5) is 12.7. The number of amides is 1. The highest BCUT2D eigenvalue weighted by molar-refractivity contribution is 5.85. The Morgan fingerprint density at radius 2 is 2.17 bits per heavy atom. The molecule has 74 valence electrons. The van der Waals surface area contributed by atoms with Gasteiger partial charge in [0.15, 0.2) is 0 Å². The first-order chi connectivity index (χ1) is 5.26. The molecule has 5 heteroatoms. The first-order valence-electron chi connectivity index (χ1n) is 3.85. The SMILES string of the molecule is CCN(CCO)C(=O)CCN.Cl. The molecule has 12 heavy (non-hydrogen) atoms. The van der Waals surface area contributed by atoms with Crippen molar-refractivity contribution < 1.29 is 9.90 Å². The Balaban J connectivity index is 0. The van der Waals surface area contributed by atoms with E-state index in [1.165, 1.54) is 0 Å². The first kappa shape index (κ1) is 14.2. The van der Waals surface area contributed by atoms with Crippen molar-refractivity contribution in [1.29, 1.82) is 0 Å². The van der Waals surface area contributed by atoms with Crippen molar-refractivity contribution in [2.24, 2.45) is 5.73 Å². The third-order valence-corrected chi connectivity index (χ3v) is 1.46.